The number of ether oxygens (including phenoxy) is 1. The Hall–Kier alpha value is -3.48. The van der Waals surface area contributed by atoms with Crippen molar-refractivity contribution in [1.29, 1.82) is 0 Å². The molecule has 0 atom stereocenters. The summed E-state index contributed by atoms with van der Waals surface area (Å²) in [5.41, 5.74) is 1.84. The number of pyridine rings is 1. The van der Waals surface area contributed by atoms with Gasteiger partial charge in [0.15, 0.2) is 0 Å². The molecule has 0 bridgehead atoms. The molecule has 0 aliphatic heterocycles. The van der Waals surface area contributed by atoms with E-state index in [4.69, 9.17) is 4.74 Å². The average molecular weight is 333 g/mol. The summed E-state index contributed by atoms with van der Waals surface area (Å²) >= 11 is 0. The molecule has 4 aromatic rings. The van der Waals surface area contributed by atoms with Gasteiger partial charge in [-0.25, -0.2) is 4.68 Å². The predicted molar refractivity (Wildman–Crippen MR) is 92.7 cm³/mol. The number of fused-ring (bicyclic) bond motifs is 1. The summed E-state index contributed by atoms with van der Waals surface area (Å²) in [6, 6.07) is 10.9. The van der Waals surface area contributed by atoms with E-state index in [1.54, 1.807) is 28.0 Å². The van der Waals surface area contributed by atoms with E-state index >= 15 is 0 Å². The first-order chi connectivity index (χ1) is 12.2. The third kappa shape index (κ3) is 3.12. The van der Waals surface area contributed by atoms with Gasteiger partial charge in [-0.1, -0.05) is 6.07 Å². The van der Waals surface area contributed by atoms with Gasteiger partial charge < -0.3 is 4.74 Å². The summed E-state index contributed by atoms with van der Waals surface area (Å²) in [6.45, 7) is 0.0890. The Bertz CT molecular complexity index is 1100. The van der Waals surface area contributed by atoms with Gasteiger partial charge in [-0.2, -0.15) is 10.2 Å². The average Bonchev–Trinajstić information content (AvgIpc) is 3.07. The van der Waals surface area contributed by atoms with E-state index < -0.39 is 0 Å². The van der Waals surface area contributed by atoms with E-state index in [2.05, 4.69) is 15.2 Å². The molecule has 25 heavy (non-hydrogen) atoms. The fourth-order valence-electron chi connectivity index (χ4n) is 2.51. The molecular formula is C18H15N5O2. The Morgan fingerprint density at radius 2 is 2.12 bits per heavy atom. The number of hydrogen-bond acceptors (Lipinski definition) is 5. The molecule has 3 heterocycles. The van der Waals surface area contributed by atoms with Gasteiger partial charge in [-0.3, -0.25) is 14.5 Å². The van der Waals surface area contributed by atoms with Crippen LogP contribution in [0, 0.1) is 0 Å². The second-order valence-corrected chi connectivity index (χ2v) is 5.59. The maximum Gasteiger partial charge on any atom is 0.206 e. The lowest BCUT2D eigenvalue weighted by molar-refractivity contribution is 0.298. The molecular weight excluding hydrogens is 318 g/mol. The van der Waals surface area contributed by atoms with Gasteiger partial charge in [-0.15, -0.1) is 0 Å². The van der Waals surface area contributed by atoms with Crippen LogP contribution in [-0.4, -0.2) is 24.5 Å². The maximum absolute atomic E-state index is 12.1. The van der Waals surface area contributed by atoms with Crippen LogP contribution in [0.3, 0.4) is 0 Å². The topological polar surface area (TPSA) is 74.8 Å². The molecule has 3 aromatic heterocycles. The summed E-state index contributed by atoms with van der Waals surface area (Å²) in [5, 5.41) is 9.44. The molecule has 0 saturated heterocycles. The lowest BCUT2D eigenvalue weighted by Crippen LogP contribution is -2.17. The highest BCUT2D eigenvalue weighted by Gasteiger charge is 2.07. The van der Waals surface area contributed by atoms with Gasteiger partial charge in [0.1, 0.15) is 23.7 Å². The number of benzene rings is 1. The number of rotatable bonds is 4. The fraction of sp³-hybridized carbons (Fsp3) is 0.111. The van der Waals surface area contributed by atoms with Crippen molar-refractivity contribution in [2.24, 2.45) is 7.05 Å². The SMILES string of the molecule is Cn1cc(-n2ccc(=O)c(COc3ccc4ncccc4c3)n2)cn1. The molecule has 124 valence electrons. The quantitative estimate of drug-likeness (QED) is 0.572. The minimum absolute atomic E-state index is 0.0890. The number of hydrogen-bond donors (Lipinski definition) is 0. The highest BCUT2D eigenvalue weighted by atomic mass is 16.5. The molecule has 0 radical (unpaired) electrons. The van der Waals surface area contributed by atoms with Crippen LogP contribution in [0.5, 0.6) is 5.75 Å². The summed E-state index contributed by atoms with van der Waals surface area (Å²) in [5.74, 6) is 0.665. The summed E-state index contributed by atoms with van der Waals surface area (Å²) < 4.78 is 9.04. The smallest absolute Gasteiger partial charge is 0.206 e. The standard InChI is InChI=1S/C18H15N5O2/c1-22-11-14(10-20-22)23-8-6-18(24)17(21-23)12-25-15-4-5-16-13(9-15)3-2-7-19-16/h2-11H,12H2,1H3. The van der Waals surface area contributed by atoms with E-state index in [1.807, 2.05) is 43.6 Å². The first-order valence-electron chi connectivity index (χ1n) is 7.74. The summed E-state index contributed by atoms with van der Waals surface area (Å²) in [7, 11) is 1.82. The minimum atomic E-state index is -0.164. The number of aromatic nitrogens is 5. The minimum Gasteiger partial charge on any atom is -0.487 e. The van der Waals surface area contributed by atoms with Crippen molar-refractivity contribution in [2.75, 3.05) is 0 Å². The van der Waals surface area contributed by atoms with Crippen LogP contribution in [0.25, 0.3) is 16.6 Å². The van der Waals surface area contributed by atoms with Crippen molar-refractivity contribution in [2.45, 2.75) is 6.61 Å². The Labute approximate surface area is 143 Å². The largest absolute Gasteiger partial charge is 0.487 e. The second-order valence-electron chi connectivity index (χ2n) is 5.59. The van der Waals surface area contributed by atoms with Gasteiger partial charge in [0.05, 0.1) is 17.9 Å². The van der Waals surface area contributed by atoms with Crippen LogP contribution in [0.4, 0.5) is 0 Å². The van der Waals surface area contributed by atoms with E-state index in [-0.39, 0.29) is 12.0 Å². The molecule has 0 N–H and O–H groups in total. The van der Waals surface area contributed by atoms with Crippen LogP contribution >= 0.6 is 0 Å². The van der Waals surface area contributed by atoms with Crippen LogP contribution in [0.15, 0.2) is 66.0 Å². The van der Waals surface area contributed by atoms with E-state index in [9.17, 15) is 4.79 Å². The van der Waals surface area contributed by atoms with Gasteiger partial charge in [-0.05, 0) is 24.3 Å². The zero-order chi connectivity index (χ0) is 17.2. The number of aryl methyl sites for hydroxylation is 1. The van der Waals surface area contributed by atoms with Crippen molar-refractivity contribution >= 4 is 10.9 Å². The van der Waals surface area contributed by atoms with Crippen molar-refractivity contribution in [3.63, 3.8) is 0 Å². The highest BCUT2D eigenvalue weighted by molar-refractivity contribution is 5.79. The Morgan fingerprint density at radius 3 is 2.96 bits per heavy atom. The lowest BCUT2D eigenvalue weighted by atomic mass is 10.2. The van der Waals surface area contributed by atoms with Crippen LogP contribution in [-0.2, 0) is 13.7 Å². The van der Waals surface area contributed by atoms with Gasteiger partial charge >= 0.3 is 0 Å². The molecule has 7 nitrogen and oxygen atoms in total. The normalized spacial score (nSPS) is 10.9. The fourth-order valence-corrected chi connectivity index (χ4v) is 2.51. The van der Waals surface area contributed by atoms with Gasteiger partial charge in [0, 0.05) is 30.9 Å². The van der Waals surface area contributed by atoms with Crippen molar-refractivity contribution in [3.05, 3.63) is 77.1 Å². The van der Waals surface area contributed by atoms with Gasteiger partial charge in [0.25, 0.3) is 0 Å². The molecule has 0 amide bonds. The molecule has 0 fully saturated rings. The molecule has 1 aromatic carbocycles. The molecule has 0 saturated carbocycles. The van der Waals surface area contributed by atoms with Crippen LogP contribution in [0.1, 0.15) is 5.69 Å². The molecule has 4 rings (SSSR count). The number of nitrogens with zero attached hydrogens (tertiary/aromatic N) is 5. The first-order valence-corrected chi connectivity index (χ1v) is 7.74. The lowest BCUT2D eigenvalue weighted by Gasteiger charge is -2.08. The molecule has 0 aliphatic rings. The Balaban J connectivity index is 1.58. The Morgan fingerprint density at radius 1 is 1.20 bits per heavy atom. The molecule has 0 unspecified atom stereocenters. The molecule has 0 aliphatic carbocycles. The Kier molecular flexibility index (Phi) is 3.74. The zero-order valence-corrected chi connectivity index (χ0v) is 13.5. The van der Waals surface area contributed by atoms with Crippen LogP contribution in [0.2, 0.25) is 0 Å². The van der Waals surface area contributed by atoms with Crippen molar-refractivity contribution < 1.29 is 4.74 Å². The third-order valence-electron chi connectivity index (χ3n) is 3.79. The van der Waals surface area contributed by atoms with Gasteiger partial charge in [0.2, 0.25) is 5.43 Å². The summed E-state index contributed by atoms with van der Waals surface area (Å²) in [4.78, 5) is 16.3. The van der Waals surface area contributed by atoms with Crippen molar-refractivity contribution in [1.82, 2.24) is 24.5 Å². The van der Waals surface area contributed by atoms with E-state index in [0.29, 0.717) is 11.4 Å². The first kappa shape index (κ1) is 15.1. The maximum atomic E-state index is 12.1. The zero-order valence-electron chi connectivity index (χ0n) is 13.5. The third-order valence-corrected chi connectivity index (χ3v) is 3.79. The van der Waals surface area contributed by atoms with Crippen molar-refractivity contribution in [3.8, 4) is 11.4 Å². The highest BCUT2D eigenvalue weighted by Crippen LogP contribution is 2.19. The molecule has 0 spiro atoms. The van der Waals surface area contributed by atoms with E-state index in [1.165, 1.54) is 6.07 Å². The van der Waals surface area contributed by atoms with E-state index in [0.717, 1.165) is 16.6 Å². The molecule has 7 heteroatoms. The second kappa shape index (κ2) is 6.20. The summed E-state index contributed by atoms with van der Waals surface area (Å²) in [6.07, 6.45) is 6.86. The monoisotopic (exact) mass is 333 g/mol. The predicted octanol–water partition coefficient (Wildman–Crippen LogP) is 2.09. The van der Waals surface area contributed by atoms with Crippen LogP contribution < -0.4 is 10.2 Å².